The number of allylic oxidation sites excluding steroid dienone is 1. The zero-order valence-electron chi connectivity index (χ0n) is 13.0. The molecule has 0 aromatic heterocycles. The van der Waals surface area contributed by atoms with Crippen LogP contribution in [0.5, 0.6) is 5.75 Å². The second kappa shape index (κ2) is 9.25. The van der Waals surface area contributed by atoms with E-state index >= 15 is 0 Å². The van der Waals surface area contributed by atoms with Crippen LogP contribution >= 0.6 is 27.5 Å². The molecule has 0 saturated carbocycles. The van der Waals surface area contributed by atoms with Gasteiger partial charge in [-0.2, -0.15) is 5.10 Å². The summed E-state index contributed by atoms with van der Waals surface area (Å²) in [7, 11) is 0. The molecule has 24 heavy (non-hydrogen) atoms. The molecule has 4 nitrogen and oxygen atoms in total. The fourth-order valence-electron chi connectivity index (χ4n) is 1.82. The third-order valence-electron chi connectivity index (χ3n) is 2.90. The van der Waals surface area contributed by atoms with Gasteiger partial charge in [0.05, 0.1) is 10.7 Å². The maximum atomic E-state index is 11.7. The van der Waals surface area contributed by atoms with Gasteiger partial charge in [0.1, 0.15) is 5.75 Å². The van der Waals surface area contributed by atoms with Gasteiger partial charge in [0.15, 0.2) is 6.61 Å². The van der Waals surface area contributed by atoms with Crippen LogP contribution in [0, 0.1) is 0 Å². The van der Waals surface area contributed by atoms with Crippen LogP contribution < -0.4 is 10.2 Å². The van der Waals surface area contributed by atoms with Gasteiger partial charge in [-0.15, -0.1) is 0 Å². The molecule has 0 unspecified atom stereocenters. The number of hydrazone groups is 1. The summed E-state index contributed by atoms with van der Waals surface area (Å²) in [6.45, 7) is 1.77. The molecular weight excluding hydrogens is 392 g/mol. The van der Waals surface area contributed by atoms with Gasteiger partial charge in [-0.3, -0.25) is 4.79 Å². The second-order valence-electron chi connectivity index (χ2n) is 4.96. The Balaban J connectivity index is 1.81. The molecule has 2 aromatic rings. The minimum absolute atomic E-state index is 0.140. The van der Waals surface area contributed by atoms with Crippen LogP contribution in [0.2, 0.25) is 5.02 Å². The van der Waals surface area contributed by atoms with Crippen molar-refractivity contribution in [2.45, 2.75) is 6.92 Å². The minimum atomic E-state index is -0.347. The maximum Gasteiger partial charge on any atom is 0.277 e. The molecule has 0 heterocycles. The van der Waals surface area contributed by atoms with Crippen molar-refractivity contribution in [3.63, 3.8) is 0 Å². The van der Waals surface area contributed by atoms with Crippen molar-refractivity contribution >= 4 is 45.7 Å². The number of rotatable bonds is 6. The molecule has 0 saturated heterocycles. The zero-order chi connectivity index (χ0) is 17.4. The van der Waals surface area contributed by atoms with Gasteiger partial charge in [0.25, 0.3) is 5.91 Å². The van der Waals surface area contributed by atoms with Crippen molar-refractivity contribution in [2.24, 2.45) is 5.10 Å². The van der Waals surface area contributed by atoms with E-state index in [1.54, 1.807) is 24.4 Å². The van der Waals surface area contributed by atoms with E-state index in [1.807, 2.05) is 43.3 Å². The van der Waals surface area contributed by atoms with Gasteiger partial charge < -0.3 is 4.74 Å². The Bertz CT molecular complexity index is 761. The highest BCUT2D eigenvalue weighted by atomic mass is 79.9. The number of carbonyl (C=O) groups is 1. The Kier molecular flexibility index (Phi) is 7.03. The lowest BCUT2D eigenvalue weighted by atomic mass is 10.1. The summed E-state index contributed by atoms with van der Waals surface area (Å²) in [5.74, 6) is 0.194. The van der Waals surface area contributed by atoms with E-state index in [1.165, 1.54) is 0 Å². The van der Waals surface area contributed by atoms with E-state index in [4.69, 9.17) is 16.3 Å². The largest absolute Gasteiger partial charge is 0.483 e. The molecule has 0 radical (unpaired) electrons. The third kappa shape index (κ3) is 6.18. The number of amides is 1. The summed E-state index contributed by atoms with van der Waals surface area (Å²) in [4.78, 5) is 11.7. The van der Waals surface area contributed by atoms with Gasteiger partial charge in [-0.1, -0.05) is 48.0 Å². The molecule has 0 aliphatic rings. The lowest BCUT2D eigenvalue weighted by molar-refractivity contribution is -0.123. The molecule has 6 heteroatoms. The summed E-state index contributed by atoms with van der Waals surface area (Å²) in [6, 6.07) is 15.0. The molecule has 0 bridgehead atoms. The highest BCUT2D eigenvalue weighted by molar-refractivity contribution is 9.10. The summed E-state index contributed by atoms with van der Waals surface area (Å²) >= 11 is 9.17. The van der Waals surface area contributed by atoms with Crippen LogP contribution in [0.25, 0.3) is 6.08 Å². The topological polar surface area (TPSA) is 50.7 Å². The monoisotopic (exact) mass is 406 g/mol. The zero-order valence-corrected chi connectivity index (χ0v) is 15.3. The Morgan fingerprint density at radius 1 is 1.29 bits per heavy atom. The number of halogens is 2. The maximum absolute atomic E-state index is 11.7. The lowest BCUT2D eigenvalue weighted by Gasteiger charge is -2.07. The number of nitrogens with one attached hydrogen (secondary N) is 1. The van der Waals surface area contributed by atoms with E-state index in [0.29, 0.717) is 15.2 Å². The molecule has 0 fully saturated rings. The number of benzene rings is 2. The quantitative estimate of drug-likeness (QED) is 0.558. The number of ether oxygens (including phenoxy) is 1. The van der Waals surface area contributed by atoms with Gasteiger partial charge in [-0.25, -0.2) is 5.43 Å². The second-order valence-corrected chi connectivity index (χ2v) is 6.25. The highest BCUT2D eigenvalue weighted by Gasteiger charge is 2.05. The van der Waals surface area contributed by atoms with Crippen molar-refractivity contribution in [2.75, 3.05) is 6.61 Å². The Hall–Kier alpha value is -2.11. The van der Waals surface area contributed by atoms with E-state index in [9.17, 15) is 4.79 Å². The van der Waals surface area contributed by atoms with E-state index in [-0.39, 0.29) is 12.5 Å². The third-order valence-corrected chi connectivity index (χ3v) is 3.76. The van der Waals surface area contributed by atoms with Crippen molar-refractivity contribution in [3.05, 3.63) is 69.2 Å². The molecular formula is C18H16BrClN2O2. The highest BCUT2D eigenvalue weighted by Crippen LogP contribution is 2.27. The molecule has 1 amide bonds. The number of hydrogen-bond donors (Lipinski definition) is 1. The lowest BCUT2D eigenvalue weighted by Crippen LogP contribution is -2.24. The fraction of sp³-hybridized carbons (Fsp3) is 0.111. The van der Waals surface area contributed by atoms with Crippen LogP contribution in [0.4, 0.5) is 0 Å². The van der Waals surface area contributed by atoms with E-state index in [2.05, 4.69) is 26.5 Å². The van der Waals surface area contributed by atoms with Crippen LogP contribution in [-0.2, 0) is 4.79 Å². The normalized spacial score (nSPS) is 11.5. The fourth-order valence-corrected chi connectivity index (χ4v) is 2.62. The van der Waals surface area contributed by atoms with E-state index < -0.39 is 0 Å². The van der Waals surface area contributed by atoms with Gasteiger partial charge in [0.2, 0.25) is 0 Å². The summed E-state index contributed by atoms with van der Waals surface area (Å²) in [5.41, 5.74) is 4.42. The Morgan fingerprint density at radius 3 is 2.75 bits per heavy atom. The average Bonchev–Trinajstić information content (AvgIpc) is 2.55. The summed E-state index contributed by atoms with van der Waals surface area (Å²) in [6.07, 6.45) is 3.56. The predicted molar refractivity (Wildman–Crippen MR) is 101 cm³/mol. The Morgan fingerprint density at radius 2 is 2.04 bits per heavy atom. The van der Waals surface area contributed by atoms with Crippen LogP contribution in [0.1, 0.15) is 12.5 Å². The first kappa shape index (κ1) is 18.2. The van der Waals surface area contributed by atoms with Gasteiger partial charge in [-0.05, 0) is 52.2 Å². The first-order chi connectivity index (χ1) is 11.5. The molecule has 0 aliphatic heterocycles. The molecule has 0 aliphatic carbocycles. The van der Waals surface area contributed by atoms with Gasteiger partial charge >= 0.3 is 0 Å². The molecule has 124 valence electrons. The summed E-state index contributed by atoms with van der Waals surface area (Å²) < 4.78 is 6.09. The van der Waals surface area contributed by atoms with Crippen molar-refractivity contribution < 1.29 is 9.53 Å². The first-order valence-corrected chi connectivity index (χ1v) is 8.35. The number of carbonyl (C=O) groups excluding carboxylic acids is 1. The number of nitrogens with zero attached hydrogens (tertiary/aromatic N) is 1. The minimum Gasteiger partial charge on any atom is -0.483 e. The van der Waals surface area contributed by atoms with E-state index in [0.717, 1.165) is 11.1 Å². The molecule has 0 spiro atoms. The average molecular weight is 408 g/mol. The molecule has 2 rings (SSSR count). The number of hydrogen-bond acceptors (Lipinski definition) is 3. The Labute approximate surface area is 154 Å². The first-order valence-electron chi connectivity index (χ1n) is 7.17. The predicted octanol–water partition coefficient (Wildman–Crippen LogP) is 4.69. The SMILES string of the molecule is CC(/C=N/NC(=O)COc1ccc(Cl)cc1Br)=C\c1ccccc1. The smallest absolute Gasteiger partial charge is 0.277 e. The molecule has 0 atom stereocenters. The van der Waals surface area contributed by atoms with Crippen molar-refractivity contribution in [3.8, 4) is 5.75 Å². The van der Waals surface area contributed by atoms with Crippen LogP contribution in [0.15, 0.2) is 63.7 Å². The van der Waals surface area contributed by atoms with Crippen molar-refractivity contribution in [1.29, 1.82) is 0 Å². The van der Waals surface area contributed by atoms with Crippen LogP contribution in [0.3, 0.4) is 0 Å². The summed E-state index contributed by atoms with van der Waals surface area (Å²) in [5, 5.41) is 4.50. The standard InChI is InChI=1S/C18H16BrClN2O2/c1-13(9-14-5-3-2-4-6-14)11-21-22-18(23)12-24-17-8-7-15(20)10-16(17)19/h2-11H,12H2,1H3,(H,22,23)/b13-9+,21-11+. The van der Waals surface area contributed by atoms with Crippen LogP contribution in [-0.4, -0.2) is 18.7 Å². The van der Waals surface area contributed by atoms with Crippen molar-refractivity contribution in [1.82, 2.24) is 5.43 Å². The van der Waals surface area contributed by atoms with Gasteiger partial charge in [0, 0.05) is 5.02 Å². The molecule has 1 N–H and O–H groups in total. The molecule has 2 aromatic carbocycles.